The second-order valence-electron chi connectivity index (χ2n) is 4.57. The Hall–Kier alpha value is -2.17. The molecule has 0 radical (unpaired) electrons. The Morgan fingerprint density at radius 3 is 2.30 bits per heavy atom. The van der Waals surface area contributed by atoms with Crippen LogP contribution >= 0.6 is 0 Å². The number of aryl methyl sites for hydroxylation is 1. The van der Waals surface area contributed by atoms with Crippen LogP contribution in [-0.4, -0.2) is 30.7 Å². The fourth-order valence-electron chi connectivity index (χ4n) is 1.78. The number of carbonyl (C=O) groups is 3. The van der Waals surface area contributed by atoms with Gasteiger partial charge >= 0.3 is 0 Å². The monoisotopic (exact) mass is 276 g/mol. The van der Waals surface area contributed by atoms with Gasteiger partial charge < -0.3 is 10.6 Å². The molecule has 0 fully saturated rings. The molecule has 20 heavy (non-hydrogen) atoms. The third kappa shape index (κ3) is 5.65. The zero-order valence-electron chi connectivity index (χ0n) is 11.9. The van der Waals surface area contributed by atoms with Crippen molar-refractivity contribution in [3.63, 3.8) is 0 Å². The van der Waals surface area contributed by atoms with Crippen LogP contribution in [0.5, 0.6) is 0 Å². The number of ketones is 1. The third-order valence-electron chi connectivity index (χ3n) is 2.85. The highest BCUT2D eigenvalue weighted by molar-refractivity contribution is 5.99. The van der Waals surface area contributed by atoms with Crippen molar-refractivity contribution in [2.75, 3.05) is 13.1 Å². The predicted octanol–water partition coefficient (Wildman–Crippen LogP) is 1.21. The molecule has 1 aromatic carbocycles. The predicted molar refractivity (Wildman–Crippen MR) is 76.4 cm³/mol. The standard InChI is InChI=1S/C15H20N2O3/c1-11-5-3-4-6-13(11)14(19)7-8-15(20)17-10-9-16-12(2)18/h3-6H,7-10H2,1-2H3,(H,16,18)(H,17,20). The van der Waals surface area contributed by atoms with E-state index >= 15 is 0 Å². The molecule has 0 bridgehead atoms. The molecule has 1 rings (SSSR count). The molecule has 0 aliphatic rings. The van der Waals surface area contributed by atoms with E-state index in [1.807, 2.05) is 25.1 Å². The summed E-state index contributed by atoms with van der Waals surface area (Å²) in [6, 6.07) is 7.33. The fourth-order valence-corrected chi connectivity index (χ4v) is 1.78. The smallest absolute Gasteiger partial charge is 0.220 e. The minimum atomic E-state index is -0.183. The van der Waals surface area contributed by atoms with E-state index in [4.69, 9.17) is 0 Å². The summed E-state index contributed by atoms with van der Waals surface area (Å²) in [7, 11) is 0. The van der Waals surface area contributed by atoms with Crippen LogP contribution in [0.25, 0.3) is 0 Å². The molecule has 0 aromatic heterocycles. The minimum Gasteiger partial charge on any atom is -0.355 e. The topological polar surface area (TPSA) is 75.3 Å². The van der Waals surface area contributed by atoms with E-state index in [9.17, 15) is 14.4 Å². The summed E-state index contributed by atoms with van der Waals surface area (Å²) in [4.78, 5) is 34.1. The van der Waals surface area contributed by atoms with Crippen molar-refractivity contribution < 1.29 is 14.4 Å². The number of hydrogen-bond acceptors (Lipinski definition) is 3. The van der Waals surface area contributed by atoms with Gasteiger partial charge in [0.1, 0.15) is 0 Å². The van der Waals surface area contributed by atoms with Crippen molar-refractivity contribution in [2.45, 2.75) is 26.7 Å². The van der Waals surface area contributed by atoms with E-state index in [1.54, 1.807) is 6.07 Å². The molecule has 1 aromatic rings. The molecule has 108 valence electrons. The van der Waals surface area contributed by atoms with E-state index in [2.05, 4.69) is 10.6 Å². The minimum absolute atomic E-state index is 0.0277. The molecule has 0 saturated carbocycles. The van der Waals surface area contributed by atoms with Crippen LogP contribution in [0.3, 0.4) is 0 Å². The maximum absolute atomic E-state index is 12.0. The number of amides is 2. The van der Waals surface area contributed by atoms with Gasteiger partial charge in [0.25, 0.3) is 0 Å². The van der Waals surface area contributed by atoms with E-state index < -0.39 is 0 Å². The molecule has 0 unspecified atom stereocenters. The van der Waals surface area contributed by atoms with Gasteiger partial charge in [-0.1, -0.05) is 24.3 Å². The SMILES string of the molecule is CC(=O)NCCNC(=O)CCC(=O)c1ccccc1C. The number of carbonyl (C=O) groups excluding carboxylic acids is 3. The Morgan fingerprint density at radius 1 is 1.00 bits per heavy atom. The quantitative estimate of drug-likeness (QED) is 0.580. The van der Waals surface area contributed by atoms with Gasteiger partial charge in [0, 0.05) is 38.4 Å². The Kier molecular flexibility index (Phi) is 6.43. The summed E-state index contributed by atoms with van der Waals surface area (Å²) >= 11 is 0. The highest BCUT2D eigenvalue weighted by atomic mass is 16.2. The first-order chi connectivity index (χ1) is 9.50. The summed E-state index contributed by atoms with van der Waals surface area (Å²) in [5.74, 6) is -0.341. The molecule has 0 spiro atoms. The van der Waals surface area contributed by atoms with Crippen molar-refractivity contribution in [1.29, 1.82) is 0 Å². The molecule has 0 saturated heterocycles. The van der Waals surface area contributed by atoms with Crippen molar-refractivity contribution in [3.05, 3.63) is 35.4 Å². The molecular weight excluding hydrogens is 256 g/mol. The first-order valence-electron chi connectivity index (χ1n) is 6.60. The molecule has 2 N–H and O–H groups in total. The Bertz CT molecular complexity index is 498. The molecule has 5 heteroatoms. The summed E-state index contributed by atoms with van der Waals surface area (Å²) in [5.41, 5.74) is 1.59. The molecule has 5 nitrogen and oxygen atoms in total. The van der Waals surface area contributed by atoms with E-state index in [0.717, 1.165) is 5.56 Å². The summed E-state index contributed by atoms with van der Waals surface area (Å²) < 4.78 is 0. The number of Topliss-reactive ketones (excluding diaryl/α,β-unsaturated/α-hetero) is 1. The van der Waals surface area contributed by atoms with Crippen molar-refractivity contribution >= 4 is 17.6 Å². The van der Waals surface area contributed by atoms with Crippen LogP contribution in [0.15, 0.2) is 24.3 Å². The number of rotatable bonds is 7. The number of hydrogen-bond donors (Lipinski definition) is 2. The van der Waals surface area contributed by atoms with Crippen LogP contribution in [0.2, 0.25) is 0 Å². The maximum atomic E-state index is 12.0. The average molecular weight is 276 g/mol. The van der Waals surface area contributed by atoms with E-state index in [-0.39, 0.29) is 30.4 Å². The first-order valence-corrected chi connectivity index (χ1v) is 6.60. The second kappa shape index (κ2) is 8.09. The Morgan fingerprint density at radius 2 is 1.65 bits per heavy atom. The van der Waals surface area contributed by atoms with Gasteiger partial charge in [0.2, 0.25) is 11.8 Å². The summed E-state index contributed by atoms with van der Waals surface area (Å²) in [6.45, 7) is 4.06. The zero-order valence-corrected chi connectivity index (χ0v) is 11.9. The van der Waals surface area contributed by atoms with Crippen LogP contribution in [0, 0.1) is 6.92 Å². The summed E-state index contributed by atoms with van der Waals surface area (Å²) in [6.07, 6.45) is 0.351. The zero-order chi connectivity index (χ0) is 15.0. The van der Waals surface area contributed by atoms with Crippen LogP contribution in [-0.2, 0) is 9.59 Å². The number of nitrogens with one attached hydrogen (secondary N) is 2. The fraction of sp³-hybridized carbons (Fsp3) is 0.400. The molecular formula is C15H20N2O3. The highest BCUT2D eigenvalue weighted by Crippen LogP contribution is 2.10. The number of benzene rings is 1. The van der Waals surface area contributed by atoms with Gasteiger partial charge in [-0.3, -0.25) is 14.4 Å². The van der Waals surface area contributed by atoms with E-state index in [1.165, 1.54) is 6.92 Å². The maximum Gasteiger partial charge on any atom is 0.220 e. The van der Waals surface area contributed by atoms with Crippen LogP contribution < -0.4 is 10.6 Å². The lowest BCUT2D eigenvalue weighted by Crippen LogP contribution is -2.33. The van der Waals surface area contributed by atoms with Gasteiger partial charge in [-0.25, -0.2) is 0 Å². The van der Waals surface area contributed by atoms with E-state index in [0.29, 0.717) is 18.7 Å². The van der Waals surface area contributed by atoms with Gasteiger partial charge in [0.15, 0.2) is 5.78 Å². The van der Waals surface area contributed by atoms with Gasteiger partial charge in [-0.15, -0.1) is 0 Å². The van der Waals surface area contributed by atoms with Crippen LogP contribution in [0.1, 0.15) is 35.7 Å². The second-order valence-corrected chi connectivity index (χ2v) is 4.57. The lowest BCUT2D eigenvalue weighted by Gasteiger charge is -2.06. The molecule has 0 aliphatic heterocycles. The lowest BCUT2D eigenvalue weighted by molar-refractivity contribution is -0.122. The van der Waals surface area contributed by atoms with Crippen molar-refractivity contribution in [3.8, 4) is 0 Å². The largest absolute Gasteiger partial charge is 0.355 e. The molecule has 0 heterocycles. The lowest BCUT2D eigenvalue weighted by atomic mass is 10.0. The Balaban J connectivity index is 2.29. The van der Waals surface area contributed by atoms with Crippen molar-refractivity contribution in [1.82, 2.24) is 10.6 Å². The Labute approximate surface area is 118 Å². The van der Waals surface area contributed by atoms with Gasteiger partial charge in [0.05, 0.1) is 0 Å². The van der Waals surface area contributed by atoms with Crippen molar-refractivity contribution in [2.24, 2.45) is 0 Å². The summed E-state index contributed by atoms with van der Waals surface area (Å²) in [5, 5.41) is 5.23. The van der Waals surface area contributed by atoms with Crippen LogP contribution in [0.4, 0.5) is 0 Å². The normalized spacial score (nSPS) is 9.90. The molecule has 2 amide bonds. The third-order valence-corrected chi connectivity index (χ3v) is 2.85. The average Bonchev–Trinajstić information content (AvgIpc) is 2.41. The molecule has 0 aliphatic carbocycles. The highest BCUT2D eigenvalue weighted by Gasteiger charge is 2.10. The van der Waals surface area contributed by atoms with Gasteiger partial charge in [-0.05, 0) is 12.5 Å². The van der Waals surface area contributed by atoms with Gasteiger partial charge in [-0.2, -0.15) is 0 Å². The first kappa shape index (κ1) is 15.9. The molecule has 0 atom stereocenters.